The zero-order chi connectivity index (χ0) is 23.2. The molecule has 0 spiro atoms. The summed E-state index contributed by atoms with van der Waals surface area (Å²) in [5.74, 6) is -1.12. The molecule has 4 aromatic carbocycles. The molecule has 3 N–H and O–H groups in total. The van der Waals surface area contributed by atoms with Gasteiger partial charge in [0, 0.05) is 11.3 Å². The van der Waals surface area contributed by atoms with Crippen molar-refractivity contribution in [1.82, 2.24) is 5.32 Å². The number of benzene rings is 4. The van der Waals surface area contributed by atoms with Crippen molar-refractivity contribution in [2.24, 2.45) is 0 Å². The average molecular weight is 437 g/mol. The van der Waals surface area contributed by atoms with Gasteiger partial charge < -0.3 is 16.0 Å². The third-order valence-electron chi connectivity index (χ3n) is 5.21. The predicted octanol–water partition coefficient (Wildman–Crippen LogP) is 4.85. The molecule has 0 fully saturated rings. The first-order valence-corrected chi connectivity index (χ1v) is 10.6. The number of hydrogen-bond acceptors (Lipinski definition) is 3. The van der Waals surface area contributed by atoms with E-state index in [0.29, 0.717) is 16.9 Å². The molecular weight excluding hydrogens is 414 g/mol. The van der Waals surface area contributed by atoms with Gasteiger partial charge in [-0.25, -0.2) is 0 Å². The van der Waals surface area contributed by atoms with E-state index in [2.05, 4.69) is 16.0 Å². The second kappa shape index (κ2) is 9.78. The summed E-state index contributed by atoms with van der Waals surface area (Å²) in [5.41, 5.74) is 1.77. The van der Waals surface area contributed by atoms with Gasteiger partial charge in [-0.2, -0.15) is 0 Å². The fourth-order valence-electron chi connectivity index (χ4n) is 3.43. The highest BCUT2D eigenvalue weighted by Gasteiger charge is 2.19. The maximum Gasteiger partial charge on any atom is 0.255 e. The molecule has 0 heterocycles. The molecule has 3 amide bonds. The molecule has 4 rings (SSSR count). The highest BCUT2D eigenvalue weighted by atomic mass is 16.2. The Morgan fingerprint density at radius 3 is 2.12 bits per heavy atom. The molecule has 0 unspecified atom stereocenters. The van der Waals surface area contributed by atoms with E-state index in [1.54, 1.807) is 55.5 Å². The summed E-state index contributed by atoms with van der Waals surface area (Å²) in [6.07, 6.45) is 0. The van der Waals surface area contributed by atoms with Gasteiger partial charge in [-0.15, -0.1) is 0 Å². The van der Waals surface area contributed by atoms with Gasteiger partial charge in [0.2, 0.25) is 5.91 Å². The molecule has 4 aromatic rings. The zero-order valence-corrected chi connectivity index (χ0v) is 18.0. The zero-order valence-electron chi connectivity index (χ0n) is 18.0. The second-order valence-electron chi connectivity index (χ2n) is 7.61. The van der Waals surface area contributed by atoms with Gasteiger partial charge in [-0.05, 0) is 54.1 Å². The van der Waals surface area contributed by atoms with Gasteiger partial charge in [-0.1, -0.05) is 60.7 Å². The van der Waals surface area contributed by atoms with Gasteiger partial charge >= 0.3 is 0 Å². The van der Waals surface area contributed by atoms with Crippen LogP contribution in [-0.2, 0) is 4.79 Å². The van der Waals surface area contributed by atoms with Crippen LogP contribution in [0, 0.1) is 0 Å². The van der Waals surface area contributed by atoms with Gasteiger partial charge in [0.25, 0.3) is 11.8 Å². The average Bonchev–Trinajstić information content (AvgIpc) is 2.84. The van der Waals surface area contributed by atoms with Crippen LogP contribution in [0.3, 0.4) is 0 Å². The molecule has 33 heavy (non-hydrogen) atoms. The van der Waals surface area contributed by atoms with Crippen LogP contribution in [-0.4, -0.2) is 23.8 Å². The summed E-state index contributed by atoms with van der Waals surface area (Å²) in [6.45, 7) is 1.61. The standard InChI is InChI=1S/C27H23N3O3/c1-18(25(31)29-22-16-15-19-9-5-6-12-21(19)17-22)28-27(33)23-13-7-8-14-24(23)30-26(32)20-10-3-2-4-11-20/h2-18H,1H3,(H,28,33)(H,29,31)(H,30,32)/t18-/m0/s1. The number of nitrogens with one attached hydrogen (secondary N) is 3. The Morgan fingerprint density at radius 2 is 1.33 bits per heavy atom. The summed E-state index contributed by atoms with van der Waals surface area (Å²) in [7, 11) is 0. The van der Waals surface area contributed by atoms with Crippen LogP contribution in [0.15, 0.2) is 97.1 Å². The quantitative estimate of drug-likeness (QED) is 0.403. The predicted molar refractivity (Wildman–Crippen MR) is 130 cm³/mol. The monoisotopic (exact) mass is 437 g/mol. The first kappa shape index (κ1) is 21.8. The lowest BCUT2D eigenvalue weighted by Crippen LogP contribution is -2.41. The molecule has 0 aliphatic rings. The first-order chi connectivity index (χ1) is 16.0. The Bertz CT molecular complexity index is 1320. The number of amides is 3. The van der Waals surface area contributed by atoms with Crippen LogP contribution in [0.2, 0.25) is 0 Å². The van der Waals surface area contributed by atoms with Crippen LogP contribution in [0.5, 0.6) is 0 Å². The van der Waals surface area contributed by atoms with Crippen LogP contribution in [0.1, 0.15) is 27.6 Å². The molecule has 6 heteroatoms. The maximum absolute atomic E-state index is 12.9. The van der Waals surface area contributed by atoms with Crippen molar-refractivity contribution in [1.29, 1.82) is 0 Å². The summed E-state index contributed by atoms with van der Waals surface area (Å²) < 4.78 is 0. The van der Waals surface area contributed by atoms with E-state index in [-0.39, 0.29) is 17.4 Å². The molecule has 0 aliphatic carbocycles. The molecule has 0 aromatic heterocycles. The lowest BCUT2D eigenvalue weighted by molar-refractivity contribution is -0.117. The summed E-state index contributed by atoms with van der Waals surface area (Å²) in [4.78, 5) is 38.1. The number of carbonyl (C=O) groups excluding carboxylic acids is 3. The van der Waals surface area contributed by atoms with Crippen molar-refractivity contribution in [3.05, 3.63) is 108 Å². The maximum atomic E-state index is 12.9. The molecule has 6 nitrogen and oxygen atoms in total. The summed E-state index contributed by atoms with van der Waals surface area (Å²) in [6, 6.07) is 28.1. The van der Waals surface area contributed by atoms with Gasteiger partial charge in [0.05, 0.1) is 11.3 Å². The van der Waals surface area contributed by atoms with Crippen molar-refractivity contribution >= 4 is 39.9 Å². The Morgan fingerprint density at radius 1 is 0.667 bits per heavy atom. The first-order valence-electron chi connectivity index (χ1n) is 10.6. The Hall–Kier alpha value is -4.45. The number of carbonyl (C=O) groups is 3. The van der Waals surface area contributed by atoms with Crippen LogP contribution in [0.25, 0.3) is 10.8 Å². The van der Waals surface area contributed by atoms with Crippen molar-refractivity contribution in [3.63, 3.8) is 0 Å². The van der Waals surface area contributed by atoms with E-state index < -0.39 is 11.9 Å². The fraction of sp³-hybridized carbons (Fsp3) is 0.0741. The van der Waals surface area contributed by atoms with Gasteiger partial charge in [0.1, 0.15) is 6.04 Å². The highest BCUT2D eigenvalue weighted by Crippen LogP contribution is 2.19. The van der Waals surface area contributed by atoms with Crippen molar-refractivity contribution in [2.75, 3.05) is 10.6 Å². The van der Waals surface area contributed by atoms with E-state index in [4.69, 9.17) is 0 Å². The molecule has 1 atom stereocenters. The molecule has 0 aliphatic heterocycles. The number of para-hydroxylation sites is 1. The molecule has 0 saturated carbocycles. The molecular formula is C27H23N3O3. The molecule has 0 saturated heterocycles. The lowest BCUT2D eigenvalue weighted by Gasteiger charge is -2.16. The van der Waals surface area contributed by atoms with E-state index >= 15 is 0 Å². The SMILES string of the molecule is C[C@H](NC(=O)c1ccccc1NC(=O)c1ccccc1)C(=O)Nc1ccc2ccccc2c1. The summed E-state index contributed by atoms with van der Waals surface area (Å²) >= 11 is 0. The Kier molecular flexibility index (Phi) is 6.45. The third-order valence-corrected chi connectivity index (χ3v) is 5.21. The van der Waals surface area contributed by atoms with E-state index in [9.17, 15) is 14.4 Å². The van der Waals surface area contributed by atoms with Crippen LogP contribution < -0.4 is 16.0 Å². The molecule has 0 radical (unpaired) electrons. The Labute approximate surface area is 191 Å². The number of rotatable bonds is 6. The van der Waals surface area contributed by atoms with Gasteiger partial charge in [-0.3, -0.25) is 14.4 Å². The second-order valence-corrected chi connectivity index (χ2v) is 7.61. The van der Waals surface area contributed by atoms with E-state index in [0.717, 1.165) is 10.8 Å². The highest BCUT2D eigenvalue weighted by molar-refractivity contribution is 6.10. The smallest absolute Gasteiger partial charge is 0.255 e. The molecule has 0 bridgehead atoms. The minimum atomic E-state index is -0.790. The Balaban J connectivity index is 1.43. The lowest BCUT2D eigenvalue weighted by atomic mass is 10.1. The van der Waals surface area contributed by atoms with E-state index in [1.165, 1.54) is 0 Å². The topological polar surface area (TPSA) is 87.3 Å². The number of anilines is 2. The minimum absolute atomic E-state index is 0.270. The van der Waals surface area contributed by atoms with Crippen molar-refractivity contribution in [2.45, 2.75) is 13.0 Å². The molecule has 164 valence electrons. The third kappa shape index (κ3) is 5.25. The van der Waals surface area contributed by atoms with Crippen molar-refractivity contribution < 1.29 is 14.4 Å². The van der Waals surface area contributed by atoms with E-state index in [1.807, 2.05) is 48.5 Å². The largest absolute Gasteiger partial charge is 0.340 e. The fourth-order valence-corrected chi connectivity index (χ4v) is 3.43. The number of hydrogen-bond donors (Lipinski definition) is 3. The van der Waals surface area contributed by atoms with Crippen LogP contribution in [0.4, 0.5) is 11.4 Å². The van der Waals surface area contributed by atoms with Crippen molar-refractivity contribution in [3.8, 4) is 0 Å². The van der Waals surface area contributed by atoms with Gasteiger partial charge in [0.15, 0.2) is 0 Å². The number of fused-ring (bicyclic) bond motifs is 1. The normalized spacial score (nSPS) is 11.4. The van der Waals surface area contributed by atoms with Crippen LogP contribution >= 0.6 is 0 Å². The summed E-state index contributed by atoms with van der Waals surface area (Å²) in [5, 5.41) is 10.4. The minimum Gasteiger partial charge on any atom is -0.340 e.